The molecule has 24 heavy (non-hydrogen) atoms. The van der Waals surface area contributed by atoms with Crippen molar-refractivity contribution in [3.8, 4) is 10.6 Å². The van der Waals surface area contributed by atoms with Gasteiger partial charge in [-0.1, -0.05) is 0 Å². The minimum absolute atomic E-state index is 0.0699. The first-order valence-electron chi connectivity index (χ1n) is 7.11. The van der Waals surface area contributed by atoms with E-state index in [9.17, 15) is 9.59 Å². The summed E-state index contributed by atoms with van der Waals surface area (Å²) in [6, 6.07) is 4.34. The van der Waals surface area contributed by atoms with Crippen LogP contribution < -0.4 is 5.32 Å². The van der Waals surface area contributed by atoms with Crippen molar-refractivity contribution in [1.29, 1.82) is 0 Å². The Kier molecular flexibility index (Phi) is 5.07. The fourth-order valence-corrected chi connectivity index (χ4v) is 3.41. The fourth-order valence-electron chi connectivity index (χ4n) is 1.90. The molecule has 124 valence electrons. The van der Waals surface area contributed by atoms with E-state index in [1.807, 2.05) is 22.2 Å². The Balaban J connectivity index is 1.51. The number of nitrogens with one attached hydrogen (secondary N) is 1. The summed E-state index contributed by atoms with van der Waals surface area (Å²) in [7, 11) is 0. The average Bonchev–Trinajstić information content (AvgIpc) is 3.34. The summed E-state index contributed by atoms with van der Waals surface area (Å²) in [6.07, 6.45) is 1.39. The van der Waals surface area contributed by atoms with E-state index in [-0.39, 0.29) is 12.4 Å². The minimum atomic E-state index is -0.780. The third-order valence-electron chi connectivity index (χ3n) is 3.13. The Morgan fingerprint density at radius 1 is 1.38 bits per heavy atom. The van der Waals surface area contributed by atoms with E-state index in [0.717, 1.165) is 10.6 Å². The van der Waals surface area contributed by atoms with Gasteiger partial charge in [-0.3, -0.25) is 4.79 Å². The van der Waals surface area contributed by atoms with Crippen LogP contribution in [0.25, 0.3) is 10.6 Å². The molecule has 0 aliphatic rings. The van der Waals surface area contributed by atoms with Crippen LogP contribution in [0, 0.1) is 0 Å². The zero-order valence-electron chi connectivity index (χ0n) is 12.7. The van der Waals surface area contributed by atoms with E-state index in [2.05, 4.69) is 10.3 Å². The van der Waals surface area contributed by atoms with Gasteiger partial charge in [0.1, 0.15) is 17.7 Å². The number of carbonyl (C=O) groups is 2. The molecule has 0 radical (unpaired) electrons. The van der Waals surface area contributed by atoms with Gasteiger partial charge >= 0.3 is 5.97 Å². The molecule has 6 nitrogen and oxygen atoms in total. The SMILES string of the molecule is CC(NC(=O)c1ccco1)C(=O)OCc1csc(-c2ccsc2)n1. The predicted octanol–water partition coefficient (Wildman–Crippen LogP) is 3.33. The quantitative estimate of drug-likeness (QED) is 0.680. The number of aromatic nitrogens is 1. The van der Waals surface area contributed by atoms with Crippen molar-refractivity contribution < 1.29 is 18.7 Å². The number of nitrogens with zero attached hydrogens (tertiary/aromatic N) is 1. The Bertz CT molecular complexity index is 809. The molecule has 0 aliphatic heterocycles. The van der Waals surface area contributed by atoms with Gasteiger partial charge in [-0.2, -0.15) is 11.3 Å². The highest BCUT2D eigenvalue weighted by atomic mass is 32.1. The molecule has 1 unspecified atom stereocenters. The van der Waals surface area contributed by atoms with Crippen LogP contribution in [-0.4, -0.2) is 22.9 Å². The number of furan rings is 1. The smallest absolute Gasteiger partial charge is 0.328 e. The van der Waals surface area contributed by atoms with Gasteiger partial charge in [-0.15, -0.1) is 11.3 Å². The summed E-state index contributed by atoms with van der Waals surface area (Å²) in [4.78, 5) is 28.2. The van der Waals surface area contributed by atoms with E-state index in [1.54, 1.807) is 24.3 Å². The molecule has 1 N–H and O–H groups in total. The standard InChI is InChI=1S/C16H14N2O4S2/c1-10(17-14(19)13-3-2-5-21-13)16(20)22-7-12-9-24-15(18-12)11-4-6-23-8-11/h2-6,8-10H,7H2,1H3,(H,17,19). The first-order chi connectivity index (χ1) is 11.6. The van der Waals surface area contributed by atoms with E-state index < -0.39 is 17.9 Å². The maximum Gasteiger partial charge on any atom is 0.328 e. The van der Waals surface area contributed by atoms with Crippen LogP contribution >= 0.6 is 22.7 Å². The molecular weight excluding hydrogens is 348 g/mol. The van der Waals surface area contributed by atoms with Gasteiger partial charge in [0, 0.05) is 16.3 Å². The van der Waals surface area contributed by atoms with E-state index >= 15 is 0 Å². The number of rotatable bonds is 6. The third kappa shape index (κ3) is 3.90. The third-order valence-corrected chi connectivity index (χ3v) is 4.75. The molecule has 8 heteroatoms. The first-order valence-corrected chi connectivity index (χ1v) is 8.93. The Hall–Kier alpha value is -2.45. The monoisotopic (exact) mass is 362 g/mol. The number of thiazole rings is 1. The van der Waals surface area contributed by atoms with Crippen molar-refractivity contribution in [2.24, 2.45) is 0 Å². The summed E-state index contributed by atoms with van der Waals surface area (Å²) in [5.74, 6) is -0.840. The largest absolute Gasteiger partial charge is 0.459 e. The molecule has 3 rings (SSSR count). The average molecular weight is 362 g/mol. The Morgan fingerprint density at radius 3 is 2.96 bits per heavy atom. The highest BCUT2D eigenvalue weighted by Gasteiger charge is 2.19. The number of carbonyl (C=O) groups excluding carboxylic acids is 2. The number of hydrogen-bond acceptors (Lipinski definition) is 7. The normalized spacial score (nSPS) is 11.9. The lowest BCUT2D eigenvalue weighted by Gasteiger charge is -2.11. The molecule has 1 amide bonds. The molecule has 3 aromatic rings. The first kappa shape index (κ1) is 16.4. The lowest BCUT2D eigenvalue weighted by Crippen LogP contribution is -2.39. The number of thiophene rings is 1. The van der Waals surface area contributed by atoms with Gasteiger partial charge in [0.25, 0.3) is 5.91 Å². The molecule has 0 saturated carbocycles. The van der Waals surface area contributed by atoms with E-state index in [0.29, 0.717) is 5.69 Å². The van der Waals surface area contributed by atoms with Crippen molar-refractivity contribution >= 4 is 34.6 Å². The number of hydrogen-bond donors (Lipinski definition) is 1. The molecule has 0 fully saturated rings. The van der Waals surface area contributed by atoms with Crippen LogP contribution in [0.15, 0.2) is 45.0 Å². The molecular formula is C16H14N2O4S2. The van der Waals surface area contributed by atoms with Crippen LogP contribution in [-0.2, 0) is 16.1 Å². The summed E-state index contributed by atoms with van der Waals surface area (Å²) in [5, 5.41) is 9.27. The van der Waals surface area contributed by atoms with E-state index in [4.69, 9.17) is 9.15 Å². The van der Waals surface area contributed by atoms with Crippen LogP contribution in [0.4, 0.5) is 0 Å². The van der Waals surface area contributed by atoms with Crippen molar-refractivity contribution in [3.63, 3.8) is 0 Å². The topological polar surface area (TPSA) is 81.4 Å². The summed E-state index contributed by atoms with van der Waals surface area (Å²) in [6.45, 7) is 1.63. The molecule has 3 heterocycles. The van der Waals surface area contributed by atoms with Crippen molar-refractivity contribution in [1.82, 2.24) is 10.3 Å². The molecule has 1 atom stereocenters. The lowest BCUT2D eigenvalue weighted by atomic mass is 10.3. The Morgan fingerprint density at radius 2 is 2.25 bits per heavy atom. The second-order valence-corrected chi connectivity index (χ2v) is 6.57. The molecule has 0 spiro atoms. The second kappa shape index (κ2) is 7.41. The summed E-state index contributed by atoms with van der Waals surface area (Å²) >= 11 is 3.10. The zero-order valence-corrected chi connectivity index (χ0v) is 14.4. The van der Waals surface area contributed by atoms with Gasteiger partial charge in [0.05, 0.1) is 12.0 Å². The van der Waals surface area contributed by atoms with Gasteiger partial charge in [0.2, 0.25) is 0 Å². The van der Waals surface area contributed by atoms with Crippen LogP contribution in [0.5, 0.6) is 0 Å². The molecule has 0 saturated heterocycles. The van der Waals surface area contributed by atoms with Gasteiger partial charge < -0.3 is 14.5 Å². The van der Waals surface area contributed by atoms with Crippen LogP contribution in [0.2, 0.25) is 0 Å². The Labute approximate surface area is 146 Å². The number of esters is 1. The van der Waals surface area contributed by atoms with Gasteiger partial charge in [-0.05, 0) is 30.5 Å². The summed E-state index contributed by atoms with van der Waals surface area (Å²) in [5.41, 5.74) is 1.74. The minimum Gasteiger partial charge on any atom is -0.459 e. The van der Waals surface area contributed by atoms with Crippen molar-refractivity contribution in [2.45, 2.75) is 19.6 Å². The summed E-state index contributed by atoms with van der Waals surface area (Å²) < 4.78 is 10.2. The molecule has 0 bridgehead atoms. The van der Waals surface area contributed by atoms with Gasteiger partial charge in [-0.25, -0.2) is 9.78 Å². The zero-order chi connectivity index (χ0) is 16.9. The van der Waals surface area contributed by atoms with Crippen LogP contribution in [0.3, 0.4) is 0 Å². The molecule has 0 aromatic carbocycles. The van der Waals surface area contributed by atoms with Gasteiger partial charge in [0.15, 0.2) is 5.76 Å². The van der Waals surface area contributed by atoms with Crippen molar-refractivity contribution in [2.75, 3.05) is 0 Å². The fraction of sp³-hybridized carbons (Fsp3) is 0.188. The maximum absolute atomic E-state index is 12.0. The second-order valence-electron chi connectivity index (χ2n) is 4.94. The lowest BCUT2D eigenvalue weighted by molar-refractivity contribution is -0.146. The number of ether oxygens (including phenoxy) is 1. The molecule has 3 aromatic heterocycles. The van der Waals surface area contributed by atoms with Crippen molar-refractivity contribution in [3.05, 3.63) is 52.1 Å². The molecule has 0 aliphatic carbocycles. The maximum atomic E-state index is 12.0. The highest BCUT2D eigenvalue weighted by molar-refractivity contribution is 7.14. The highest BCUT2D eigenvalue weighted by Crippen LogP contribution is 2.25. The van der Waals surface area contributed by atoms with Crippen LogP contribution in [0.1, 0.15) is 23.2 Å². The predicted molar refractivity (Wildman–Crippen MR) is 90.9 cm³/mol. The number of amides is 1. The van der Waals surface area contributed by atoms with E-state index in [1.165, 1.54) is 23.7 Å².